The van der Waals surface area contributed by atoms with E-state index in [-0.39, 0.29) is 23.1 Å². The van der Waals surface area contributed by atoms with Gasteiger partial charge in [-0.05, 0) is 37.3 Å². The number of fused-ring (bicyclic) bond motifs is 3. The van der Waals surface area contributed by atoms with Crippen LogP contribution in [0.1, 0.15) is 27.4 Å². The van der Waals surface area contributed by atoms with Gasteiger partial charge in [0.25, 0.3) is 5.91 Å². The fraction of sp³-hybridized carbons (Fsp3) is 0.158. The summed E-state index contributed by atoms with van der Waals surface area (Å²) in [6, 6.07) is 5.15. The highest BCUT2D eigenvalue weighted by molar-refractivity contribution is 6.04. The molecule has 0 bridgehead atoms. The molecule has 0 fully saturated rings. The van der Waals surface area contributed by atoms with E-state index in [1.807, 2.05) is 0 Å². The molecular formula is C19H11F6N5O. The maximum atomic E-state index is 13.5. The summed E-state index contributed by atoms with van der Waals surface area (Å²) >= 11 is 0. The Morgan fingerprint density at radius 1 is 0.968 bits per heavy atom. The zero-order valence-corrected chi connectivity index (χ0v) is 15.5. The molecule has 160 valence electrons. The predicted molar refractivity (Wildman–Crippen MR) is 97.4 cm³/mol. The van der Waals surface area contributed by atoms with Crippen molar-refractivity contribution < 1.29 is 31.1 Å². The topological polar surface area (TPSA) is 72.2 Å². The minimum absolute atomic E-state index is 0.0233. The van der Waals surface area contributed by atoms with Crippen LogP contribution >= 0.6 is 0 Å². The minimum Gasteiger partial charge on any atom is -0.320 e. The first kappa shape index (κ1) is 20.6. The van der Waals surface area contributed by atoms with Gasteiger partial charge in [0.15, 0.2) is 5.69 Å². The molecule has 0 saturated carbocycles. The number of alkyl halides is 6. The van der Waals surface area contributed by atoms with Crippen molar-refractivity contribution in [3.8, 4) is 0 Å². The molecule has 31 heavy (non-hydrogen) atoms. The Balaban J connectivity index is 1.96. The van der Waals surface area contributed by atoms with E-state index in [4.69, 9.17) is 0 Å². The Bertz CT molecular complexity index is 1310. The normalized spacial score (nSPS) is 12.5. The van der Waals surface area contributed by atoms with Crippen LogP contribution in [0.5, 0.6) is 0 Å². The lowest BCUT2D eigenvalue weighted by Crippen LogP contribution is -2.15. The Labute approximate surface area is 169 Å². The number of aryl methyl sites for hydroxylation is 1. The van der Waals surface area contributed by atoms with Gasteiger partial charge in [-0.2, -0.15) is 26.3 Å². The Morgan fingerprint density at radius 2 is 1.65 bits per heavy atom. The van der Waals surface area contributed by atoms with Crippen LogP contribution in [0.2, 0.25) is 0 Å². The van der Waals surface area contributed by atoms with E-state index in [2.05, 4.69) is 20.3 Å². The zero-order chi connectivity index (χ0) is 22.6. The SMILES string of the molecule is Cc1c(C(=O)Nc2ccncc2)nc2ccc3c(C(F)(F)F)cc(C(F)(F)F)nc3n12. The summed E-state index contributed by atoms with van der Waals surface area (Å²) in [5.74, 6) is -0.691. The number of imidazole rings is 1. The number of rotatable bonds is 2. The fourth-order valence-corrected chi connectivity index (χ4v) is 3.16. The van der Waals surface area contributed by atoms with Crippen molar-refractivity contribution in [2.24, 2.45) is 0 Å². The highest BCUT2D eigenvalue weighted by atomic mass is 19.4. The number of pyridine rings is 3. The molecule has 0 radical (unpaired) electrons. The molecule has 12 heteroatoms. The van der Waals surface area contributed by atoms with Crippen molar-refractivity contribution in [3.63, 3.8) is 0 Å². The lowest BCUT2D eigenvalue weighted by atomic mass is 10.1. The summed E-state index contributed by atoms with van der Waals surface area (Å²) < 4.78 is 81.1. The van der Waals surface area contributed by atoms with Crippen molar-refractivity contribution in [1.82, 2.24) is 19.4 Å². The smallest absolute Gasteiger partial charge is 0.320 e. The molecule has 0 unspecified atom stereocenters. The largest absolute Gasteiger partial charge is 0.433 e. The molecule has 4 heterocycles. The van der Waals surface area contributed by atoms with Gasteiger partial charge in [0.1, 0.15) is 17.0 Å². The van der Waals surface area contributed by atoms with Crippen molar-refractivity contribution in [2.45, 2.75) is 19.3 Å². The van der Waals surface area contributed by atoms with Crippen molar-refractivity contribution in [3.05, 3.63) is 65.4 Å². The van der Waals surface area contributed by atoms with Gasteiger partial charge in [0.2, 0.25) is 0 Å². The van der Waals surface area contributed by atoms with Crippen LogP contribution in [0.15, 0.2) is 42.7 Å². The zero-order valence-electron chi connectivity index (χ0n) is 15.5. The molecule has 4 rings (SSSR count). The van der Waals surface area contributed by atoms with E-state index >= 15 is 0 Å². The average molecular weight is 439 g/mol. The van der Waals surface area contributed by atoms with Crippen LogP contribution in [-0.2, 0) is 12.4 Å². The minimum atomic E-state index is -5.10. The molecule has 0 spiro atoms. The monoisotopic (exact) mass is 439 g/mol. The van der Waals surface area contributed by atoms with Gasteiger partial charge >= 0.3 is 12.4 Å². The van der Waals surface area contributed by atoms with Gasteiger partial charge in [0, 0.05) is 23.5 Å². The first-order valence-corrected chi connectivity index (χ1v) is 8.65. The molecule has 1 amide bonds. The molecule has 0 atom stereocenters. The standard InChI is InChI=1S/C19H11F6N5O/c1-9-15(17(31)27-10-4-6-26-7-5-10)29-14-3-2-11-12(18(20,21)22)8-13(19(23,24)25)28-16(11)30(9)14/h2-8H,1H3,(H,26,27,31). The number of halogens is 6. The molecule has 6 nitrogen and oxygen atoms in total. The number of hydrogen-bond acceptors (Lipinski definition) is 4. The maximum absolute atomic E-state index is 13.5. The predicted octanol–water partition coefficient (Wildman–Crippen LogP) is 4.88. The lowest BCUT2D eigenvalue weighted by Gasteiger charge is -2.15. The third-order valence-corrected chi connectivity index (χ3v) is 4.53. The number of nitrogens with one attached hydrogen (secondary N) is 1. The molecule has 4 aromatic heterocycles. The molecule has 0 aliphatic rings. The summed E-state index contributed by atoms with van der Waals surface area (Å²) in [6.45, 7) is 1.36. The van der Waals surface area contributed by atoms with Crippen LogP contribution in [0.3, 0.4) is 0 Å². The van der Waals surface area contributed by atoms with Crippen molar-refractivity contribution in [1.29, 1.82) is 0 Å². The third kappa shape index (κ3) is 3.64. The number of carbonyl (C=O) groups excluding carboxylic acids is 1. The highest BCUT2D eigenvalue weighted by Gasteiger charge is 2.40. The van der Waals surface area contributed by atoms with Gasteiger partial charge in [-0.25, -0.2) is 9.97 Å². The molecule has 1 N–H and O–H groups in total. The summed E-state index contributed by atoms with van der Waals surface area (Å²) in [7, 11) is 0. The van der Waals surface area contributed by atoms with E-state index in [1.54, 1.807) is 0 Å². The number of anilines is 1. The first-order chi connectivity index (χ1) is 14.5. The van der Waals surface area contributed by atoms with E-state index in [9.17, 15) is 31.1 Å². The summed E-state index contributed by atoms with van der Waals surface area (Å²) in [4.78, 5) is 23.9. The Hall–Kier alpha value is -3.70. The van der Waals surface area contributed by atoms with Crippen LogP contribution < -0.4 is 5.32 Å². The third-order valence-electron chi connectivity index (χ3n) is 4.53. The molecule has 0 aliphatic heterocycles. The number of carbonyl (C=O) groups is 1. The Kier molecular flexibility index (Phi) is 4.60. The van der Waals surface area contributed by atoms with E-state index in [0.717, 1.165) is 10.5 Å². The molecule has 4 aromatic rings. The van der Waals surface area contributed by atoms with Gasteiger partial charge in [-0.1, -0.05) is 0 Å². The van der Waals surface area contributed by atoms with E-state index in [1.165, 1.54) is 37.5 Å². The summed E-state index contributed by atoms with van der Waals surface area (Å²) in [5, 5.41) is 2.00. The van der Waals surface area contributed by atoms with Gasteiger partial charge in [-0.3, -0.25) is 14.2 Å². The van der Waals surface area contributed by atoms with Crippen LogP contribution in [0, 0.1) is 6.92 Å². The van der Waals surface area contributed by atoms with Gasteiger partial charge in [-0.15, -0.1) is 0 Å². The average Bonchev–Trinajstić information content (AvgIpc) is 3.03. The fourth-order valence-electron chi connectivity index (χ4n) is 3.16. The number of hydrogen-bond donors (Lipinski definition) is 1. The second-order valence-corrected chi connectivity index (χ2v) is 6.55. The summed E-state index contributed by atoms with van der Waals surface area (Å²) in [5.41, 5.74) is -3.56. The van der Waals surface area contributed by atoms with E-state index in [0.29, 0.717) is 5.69 Å². The molecule has 0 aliphatic carbocycles. The summed E-state index contributed by atoms with van der Waals surface area (Å²) in [6.07, 6.45) is -7.29. The Morgan fingerprint density at radius 3 is 2.26 bits per heavy atom. The molecule has 0 saturated heterocycles. The highest BCUT2D eigenvalue weighted by Crippen LogP contribution is 2.39. The van der Waals surface area contributed by atoms with Crippen molar-refractivity contribution >= 4 is 28.3 Å². The second-order valence-electron chi connectivity index (χ2n) is 6.55. The molecule has 0 aromatic carbocycles. The number of amides is 1. The van der Waals surface area contributed by atoms with Gasteiger partial charge < -0.3 is 5.32 Å². The lowest BCUT2D eigenvalue weighted by molar-refractivity contribution is -0.144. The van der Waals surface area contributed by atoms with Crippen LogP contribution in [-0.4, -0.2) is 25.3 Å². The first-order valence-electron chi connectivity index (χ1n) is 8.65. The van der Waals surface area contributed by atoms with Crippen molar-refractivity contribution in [2.75, 3.05) is 5.32 Å². The quantitative estimate of drug-likeness (QED) is 0.452. The molecular weight excluding hydrogens is 428 g/mol. The number of aromatic nitrogens is 4. The van der Waals surface area contributed by atoms with Gasteiger partial charge in [0.05, 0.1) is 11.3 Å². The maximum Gasteiger partial charge on any atom is 0.433 e. The number of nitrogens with zero attached hydrogens (tertiary/aromatic N) is 4. The second kappa shape index (κ2) is 6.93. The van der Waals surface area contributed by atoms with Crippen LogP contribution in [0.25, 0.3) is 16.7 Å². The van der Waals surface area contributed by atoms with Crippen LogP contribution in [0.4, 0.5) is 32.0 Å². The van der Waals surface area contributed by atoms with E-state index < -0.39 is 40.6 Å².